The van der Waals surface area contributed by atoms with E-state index in [0.717, 1.165) is 0 Å². The summed E-state index contributed by atoms with van der Waals surface area (Å²) >= 11 is 1.19. The summed E-state index contributed by atoms with van der Waals surface area (Å²) in [7, 11) is 0. The molecule has 0 aromatic rings. The van der Waals surface area contributed by atoms with Crippen molar-refractivity contribution in [3.05, 3.63) is 11.8 Å². The average Bonchev–Trinajstić information content (AvgIpc) is 2.44. The molecule has 1 saturated heterocycles. The first-order valence-electron chi connectivity index (χ1n) is 5.06. The van der Waals surface area contributed by atoms with Crippen LogP contribution in [0.1, 0.15) is 27.2 Å². The molecule has 0 aromatic carbocycles. The number of ketones is 1. The van der Waals surface area contributed by atoms with Crippen LogP contribution in [0.4, 0.5) is 0 Å². The zero-order valence-electron chi connectivity index (χ0n) is 9.65. The number of rotatable bonds is 3. The molecule has 1 rings (SSSR count). The van der Waals surface area contributed by atoms with Gasteiger partial charge in [-0.15, -0.1) is 0 Å². The SMILES string of the molecule is CC(=O)C=C(C)N1CC(SC(C)=O)CC1=O. The van der Waals surface area contributed by atoms with Crippen LogP contribution in [0, 0.1) is 0 Å². The fourth-order valence-corrected chi connectivity index (χ4v) is 2.62. The van der Waals surface area contributed by atoms with E-state index in [4.69, 9.17) is 0 Å². The molecule has 88 valence electrons. The Morgan fingerprint density at radius 1 is 1.38 bits per heavy atom. The first kappa shape index (κ1) is 13.0. The van der Waals surface area contributed by atoms with Gasteiger partial charge in [0, 0.05) is 36.9 Å². The number of carbonyl (C=O) groups is 3. The van der Waals surface area contributed by atoms with Gasteiger partial charge in [0.2, 0.25) is 5.91 Å². The van der Waals surface area contributed by atoms with E-state index in [9.17, 15) is 14.4 Å². The summed E-state index contributed by atoms with van der Waals surface area (Å²) in [5.74, 6) is -0.0956. The molecule has 5 heteroatoms. The van der Waals surface area contributed by atoms with E-state index in [1.807, 2.05) is 0 Å². The Balaban J connectivity index is 2.68. The molecule has 0 N–H and O–H groups in total. The summed E-state index contributed by atoms with van der Waals surface area (Å²) in [6, 6.07) is 0. The molecule has 0 spiro atoms. The summed E-state index contributed by atoms with van der Waals surface area (Å²) in [5, 5.41) is 0.0353. The van der Waals surface area contributed by atoms with Crippen molar-refractivity contribution in [1.82, 2.24) is 4.90 Å². The van der Waals surface area contributed by atoms with Crippen LogP contribution in [0.25, 0.3) is 0 Å². The van der Waals surface area contributed by atoms with Gasteiger partial charge in [0.25, 0.3) is 0 Å². The standard InChI is InChI=1S/C11H15NO3S/c1-7(4-8(2)13)12-6-10(5-11(12)15)16-9(3)14/h4,10H,5-6H2,1-3H3. The number of hydrogen-bond donors (Lipinski definition) is 0. The second-order valence-electron chi connectivity index (χ2n) is 3.84. The molecule has 1 aliphatic rings. The van der Waals surface area contributed by atoms with Crippen LogP contribution >= 0.6 is 11.8 Å². The smallest absolute Gasteiger partial charge is 0.227 e. The third-order valence-electron chi connectivity index (χ3n) is 2.26. The van der Waals surface area contributed by atoms with Gasteiger partial charge in [-0.05, 0) is 13.8 Å². The molecule has 1 amide bonds. The minimum absolute atomic E-state index is 0.0142. The van der Waals surface area contributed by atoms with Gasteiger partial charge in [0.05, 0.1) is 0 Å². The summed E-state index contributed by atoms with van der Waals surface area (Å²) in [4.78, 5) is 35.0. The van der Waals surface area contributed by atoms with Gasteiger partial charge in [-0.1, -0.05) is 11.8 Å². The maximum Gasteiger partial charge on any atom is 0.227 e. The van der Waals surface area contributed by atoms with Crippen LogP contribution < -0.4 is 0 Å². The number of thioether (sulfide) groups is 1. The third kappa shape index (κ3) is 3.48. The lowest BCUT2D eigenvalue weighted by molar-refractivity contribution is -0.126. The molecule has 4 nitrogen and oxygen atoms in total. The first-order valence-corrected chi connectivity index (χ1v) is 5.94. The molecule has 16 heavy (non-hydrogen) atoms. The molecule has 1 atom stereocenters. The Kier molecular flexibility index (Phi) is 4.29. The van der Waals surface area contributed by atoms with Gasteiger partial charge in [-0.3, -0.25) is 14.4 Å². The van der Waals surface area contributed by atoms with Gasteiger partial charge in [-0.25, -0.2) is 0 Å². The predicted molar refractivity (Wildman–Crippen MR) is 62.8 cm³/mol. The van der Waals surface area contributed by atoms with Gasteiger partial charge in [-0.2, -0.15) is 0 Å². The maximum absolute atomic E-state index is 11.6. The van der Waals surface area contributed by atoms with Crippen LogP contribution in [-0.2, 0) is 14.4 Å². The number of amides is 1. The minimum atomic E-state index is -0.0760. The molecule has 0 aliphatic carbocycles. The first-order chi connectivity index (χ1) is 7.40. The summed E-state index contributed by atoms with van der Waals surface area (Å²) in [6.45, 7) is 5.20. The van der Waals surface area contributed by atoms with Crippen molar-refractivity contribution >= 4 is 28.6 Å². The lowest BCUT2D eigenvalue weighted by Gasteiger charge is -2.16. The van der Waals surface area contributed by atoms with E-state index >= 15 is 0 Å². The molecule has 0 bridgehead atoms. The third-order valence-corrected chi connectivity index (χ3v) is 3.24. The maximum atomic E-state index is 11.6. The topological polar surface area (TPSA) is 54.5 Å². The molecule has 0 aromatic heterocycles. The molecule has 1 aliphatic heterocycles. The number of nitrogens with zero attached hydrogens (tertiary/aromatic N) is 1. The van der Waals surface area contributed by atoms with Gasteiger partial charge < -0.3 is 4.90 Å². The largest absolute Gasteiger partial charge is 0.315 e. The van der Waals surface area contributed by atoms with Crippen molar-refractivity contribution in [1.29, 1.82) is 0 Å². The summed E-state index contributed by atoms with van der Waals surface area (Å²) in [5.41, 5.74) is 0.657. The van der Waals surface area contributed by atoms with Gasteiger partial charge in [0.15, 0.2) is 10.9 Å². The summed E-state index contributed by atoms with van der Waals surface area (Å²) < 4.78 is 0. The minimum Gasteiger partial charge on any atom is -0.315 e. The van der Waals surface area contributed by atoms with Crippen molar-refractivity contribution in [2.45, 2.75) is 32.4 Å². The van der Waals surface area contributed by atoms with Gasteiger partial charge >= 0.3 is 0 Å². The average molecular weight is 241 g/mol. The van der Waals surface area contributed by atoms with Crippen molar-refractivity contribution in [3.63, 3.8) is 0 Å². The molecular weight excluding hydrogens is 226 g/mol. The Labute approximate surface area is 99.1 Å². The van der Waals surface area contributed by atoms with Crippen molar-refractivity contribution in [3.8, 4) is 0 Å². The quantitative estimate of drug-likeness (QED) is 0.700. The number of allylic oxidation sites excluding steroid dienone is 2. The zero-order valence-corrected chi connectivity index (χ0v) is 10.5. The zero-order chi connectivity index (χ0) is 12.3. The molecular formula is C11H15NO3S. The lowest BCUT2D eigenvalue weighted by Crippen LogP contribution is -2.24. The highest BCUT2D eigenvalue weighted by molar-refractivity contribution is 8.14. The highest BCUT2D eigenvalue weighted by Gasteiger charge is 2.31. The second-order valence-corrected chi connectivity index (χ2v) is 5.31. The molecule has 1 unspecified atom stereocenters. The molecule has 0 saturated carbocycles. The number of carbonyl (C=O) groups excluding carboxylic acids is 3. The Morgan fingerprint density at radius 2 is 2.00 bits per heavy atom. The Bertz CT molecular complexity index is 362. The Morgan fingerprint density at radius 3 is 2.50 bits per heavy atom. The number of likely N-dealkylation sites (tertiary alicyclic amines) is 1. The van der Waals surface area contributed by atoms with Crippen LogP contribution in [0.15, 0.2) is 11.8 Å². The fourth-order valence-electron chi connectivity index (χ4n) is 1.70. The summed E-state index contributed by atoms with van der Waals surface area (Å²) in [6.07, 6.45) is 1.81. The monoisotopic (exact) mass is 241 g/mol. The van der Waals surface area contributed by atoms with E-state index in [-0.39, 0.29) is 22.1 Å². The molecule has 1 fully saturated rings. The second kappa shape index (κ2) is 5.30. The van der Waals surface area contributed by atoms with Crippen molar-refractivity contribution < 1.29 is 14.4 Å². The van der Waals surface area contributed by atoms with E-state index < -0.39 is 0 Å². The number of hydrogen-bond acceptors (Lipinski definition) is 4. The van der Waals surface area contributed by atoms with E-state index in [1.54, 1.807) is 11.8 Å². The normalized spacial score (nSPS) is 21.4. The van der Waals surface area contributed by atoms with Crippen LogP contribution in [0.5, 0.6) is 0 Å². The van der Waals surface area contributed by atoms with E-state index in [0.29, 0.717) is 18.7 Å². The highest BCUT2D eigenvalue weighted by atomic mass is 32.2. The lowest BCUT2D eigenvalue weighted by atomic mass is 10.3. The van der Waals surface area contributed by atoms with Crippen LogP contribution in [0.2, 0.25) is 0 Å². The molecule has 1 heterocycles. The van der Waals surface area contributed by atoms with E-state index in [2.05, 4.69) is 0 Å². The predicted octanol–water partition coefficient (Wildman–Crippen LogP) is 1.36. The van der Waals surface area contributed by atoms with Crippen LogP contribution in [-0.4, -0.2) is 33.5 Å². The van der Waals surface area contributed by atoms with Crippen LogP contribution in [0.3, 0.4) is 0 Å². The van der Waals surface area contributed by atoms with Gasteiger partial charge in [0.1, 0.15) is 0 Å². The Hall–Kier alpha value is -1.10. The van der Waals surface area contributed by atoms with Crippen molar-refractivity contribution in [2.24, 2.45) is 0 Å². The highest BCUT2D eigenvalue weighted by Crippen LogP contribution is 2.26. The van der Waals surface area contributed by atoms with Crippen molar-refractivity contribution in [2.75, 3.05) is 6.54 Å². The fraction of sp³-hybridized carbons (Fsp3) is 0.545. The van der Waals surface area contributed by atoms with E-state index in [1.165, 1.54) is 31.7 Å². The molecule has 0 radical (unpaired) electrons.